The number of benzene rings is 3. The summed E-state index contributed by atoms with van der Waals surface area (Å²) in [7, 11) is 0. The van der Waals surface area contributed by atoms with Crippen molar-refractivity contribution in [1.82, 2.24) is 10.2 Å². The summed E-state index contributed by atoms with van der Waals surface area (Å²) in [5.74, 6) is -0.868. The molecule has 38 heavy (non-hydrogen) atoms. The Morgan fingerprint density at radius 2 is 1.37 bits per heavy atom. The fourth-order valence-electron chi connectivity index (χ4n) is 5.19. The van der Waals surface area contributed by atoms with Gasteiger partial charge in [-0.25, -0.2) is 0 Å². The van der Waals surface area contributed by atoms with Crippen LogP contribution >= 0.6 is 0 Å². The Kier molecular flexibility index (Phi) is 8.16. The van der Waals surface area contributed by atoms with Crippen LogP contribution in [-0.2, 0) is 18.0 Å². The van der Waals surface area contributed by atoms with Crippen LogP contribution in [0.15, 0.2) is 84.9 Å². The normalized spacial score (nSPS) is 17.1. The summed E-state index contributed by atoms with van der Waals surface area (Å²) in [5.41, 5.74) is -0.819. The van der Waals surface area contributed by atoms with Crippen molar-refractivity contribution in [1.29, 1.82) is 0 Å². The predicted molar refractivity (Wildman–Crippen MR) is 133 cm³/mol. The third-order valence-corrected chi connectivity index (χ3v) is 7.30. The highest BCUT2D eigenvalue weighted by Crippen LogP contribution is 2.39. The van der Waals surface area contributed by atoms with Crippen LogP contribution in [0.25, 0.3) is 0 Å². The van der Waals surface area contributed by atoms with Gasteiger partial charge in [0.05, 0.1) is 11.1 Å². The van der Waals surface area contributed by atoms with Crippen LogP contribution in [0.1, 0.15) is 39.9 Å². The van der Waals surface area contributed by atoms with E-state index in [4.69, 9.17) is 0 Å². The fourth-order valence-corrected chi connectivity index (χ4v) is 5.19. The molecule has 202 valence electrons. The van der Waals surface area contributed by atoms with Crippen LogP contribution in [0.3, 0.4) is 0 Å². The second-order valence-corrected chi connectivity index (χ2v) is 9.66. The second-order valence-electron chi connectivity index (χ2n) is 9.66. The van der Waals surface area contributed by atoms with Crippen LogP contribution in [0.5, 0.6) is 0 Å². The van der Waals surface area contributed by atoms with E-state index in [-0.39, 0.29) is 26.1 Å². The van der Waals surface area contributed by atoms with E-state index in [9.17, 15) is 31.1 Å². The van der Waals surface area contributed by atoms with E-state index in [1.54, 1.807) is 42.5 Å². The summed E-state index contributed by atoms with van der Waals surface area (Å²) in [6.07, 6.45) is -8.69. The summed E-state index contributed by atoms with van der Waals surface area (Å²) >= 11 is 0. The highest BCUT2D eigenvalue weighted by Gasteiger charge is 2.47. The molecule has 1 heterocycles. The second kappa shape index (κ2) is 11.2. The summed E-state index contributed by atoms with van der Waals surface area (Å²) < 4.78 is 82.6. The number of nitrogens with one attached hydrogen (secondary N) is 1. The summed E-state index contributed by atoms with van der Waals surface area (Å²) in [5, 5.41) is 2.65. The zero-order chi connectivity index (χ0) is 27.4. The lowest BCUT2D eigenvalue weighted by Crippen LogP contribution is -2.55. The molecule has 1 aliphatic rings. The van der Waals surface area contributed by atoms with Gasteiger partial charge in [0.2, 0.25) is 0 Å². The van der Waals surface area contributed by atoms with Crippen LogP contribution in [0.2, 0.25) is 0 Å². The van der Waals surface area contributed by atoms with Crippen molar-refractivity contribution in [3.05, 3.63) is 107 Å². The first kappa shape index (κ1) is 27.7. The number of nitrogens with zero attached hydrogens (tertiary/aromatic N) is 1. The van der Waals surface area contributed by atoms with Crippen molar-refractivity contribution >= 4 is 5.91 Å². The maximum Gasteiger partial charge on any atom is 0.417 e. The number of hydrogen-bond acceptors (Lipinski definition) is 2. The quantitative estimate of drug-likeness (QED) is 0.345. The number of hydrogen-bond donors (Lipinski definition) is 1. The van der Waals surface area contributed by atoms with Gasteiger partial charge in [-0.2, -0.15) is 26.3 Å². The largest absolute Gasteiger partial charge is 0.417 e. The van der Waals surface area contributed by atoms with E-state index in [1.165, 1.54) is 17.0 Å². The number of piperidine rings is 1. The number of halogens is 6. The van der Waals surface area contributed by atoms with Gasteiger partial charge >= 0.3 is 12.4 Å². The molecule has 0 radical (unpaired) electrons. The van der Waals surface area contributed by atoms with E-state index < -0.39 is 40.8 Å². The lowest BCUT2D eigenvalue weighted by atomic mass is 9.72. The number of carbonyl (C=O) groups is 1. The SMILES string of the molecule is O=C(NCC1(c2ccccc2)CCN(C(Cc2ccccc2)C(F)(F)F)CC1)c1ccccc1C(F)(F)F. The number of rotatable bonds is 7. The molecule has 1 atom stereocenters. The minimum absolute atomic E-state index is 0.00521. The van der Waals surface area contributed by atoms with Crippen LogP contribution in [0, 0.1) is 0 Å². The first-order chi connectivity index (χ1) is 18.0. The van der Waals surface area contributed by atoms with Gasteiger partial charge in [-0.05, 0) is 55.6 Å². The molecule has 1 amide bonds. The average Bonchev–Trinajstić information content (AvgIpc) is 2.91. The lowest BCUT2D eigenvalue weighted by molar-refractivity contribution is -0.187. The van der Waals surface area contributed by atoms with E-state index in [0.29, 0.717) is 18.4 Å². The van der Waals surface area contributed by atoms with Crippen LogP contribution < -0.4 is 5.32 Å². The Bertz CT molecular complexity index is 1200. The van der Waals surface area contributed by atoms with E-state index in [2.05, 4.69) is 5.32 Å². The first-order valence-corrected chi connectivity index (χ1v) is 12.3. The van der Waals surface area contributed by atoms with E-state index in [0.717, 1.165) is 17.7 Å². The maximum absolute atomic E-state index is 14.1. The molecule has 0 aliphatic carbocycles. The molecule has 4 rings (SSSR count). The molecule has 0 aromatic heterocycles. The standard InChI is InChI=1S/C29H28F6N2O/c30-28(31,32)24-14-8-7-13-23(24)26(38)36-20-27(22-11-5-2-6-12-22)15-17-37(18-16-27)25(29(33,34)35)19-21-9-3-1-4-10-21/h1-14,25H,15-20H2,(H,36,38). The van der Waals surface area contributed by atoms with Crippen molar-refractivity contribution in [2.45, 2.75) is 43.1 Å². The molecule has 0 saturated carbocycles. The Labute approximate surface area is 217 Å². The zero-order valence-electron chi connectivity index (χ0n) is 20.5. The molecule has 1 saturated heterocycles. The Morgan fingerprint density at radius 1 is 0.816 bits per heavy atom. The average molecular weight is 535 g/mol. The molecular weight excluding hydrogens is 506 g/mol. The zero-order valence-corrected chi connectivity index (χ0v) is 20.5. The Balaban J connectivity index is 1.54. The minimum atomic E-state index is -4.69. The molecule has 0 spiro atoms. The van der Waals surface area contributed by atoms with Gasteiger partial charge < -0.3 is 5.32 Å². The van der Waals surface area contributed by atoms with Crippen LogP contribution in [-0.4, -0.2) is 42.7 Å². The Hall–Kier alpha value is -3.33. The topological polar surface area (TPSA) is 32.3 Å². The highest BCUT2D eigenvalue weighted by molar-refractivity contribution is 5.96. The molecule has 1 aliphatic heterocycles. The molecule has 1 N–H and O–H groups in total. The van der Waals surface area contributed by atoms with Crippen molar-refractivity contribution < 1.29 is 31.1 Å². The van der Waals surface area contributed by atoms with E-state index >= 15 is 0 Å². The van der Waals surface area contributed by atoms with Crippen molar-refractivity contribution in [3.8, 4) is 0 Å². The van der Waals surface area contributed by atoms with Gasteiger partial charge in [-0.15, -0.1) is 0 Å². The molecule has 9 heteroatoms. The molecule has 1 unspecified atom stereocenters. The molecule has 1 fully saturated rings. The van der Waals surface area contributed by atoms with Crippen molar-refractivity contribution in [2.24, 2.45) is 0 Å². The monoisotopic (exact) mass is 534 g/mol. The van der Waals surface area contributed by atoms with Gasteiger partial charge in [0.25, 0.3) is 5.91 Å². The number of alkyl halides is 6. The number of carbonyl (C=O) groups excluding carboxylic acids is 1. The molecule has 3 aromatic rings. The molecule has 3 nitrogen and oxygen atoms in total. The third-order valence-electron chi connectivity index (χ3n) is 7.30. The van der Waals surface area contributed by atoms with Crippen molar-refractivity contribution in [3.63, 3.8) is 0 Å². The van der Waals surface area contributed by atoms with Gasteiger partial charge in [0.1, 0.15) is 6.04 Å². The number of likely N-dealkylation sites (tertiary alicyclic amines) is 1. The van der Waals surface area contributed by atoms with Crippen LogP contribution in [0.4, 0.5) is 26.3 Å². The fraction of sp³-hybridized carbons (Fsp3) is 0.345. The summed E-state index contributed by atoms with van der Waals surface area (Å²) in [4.78, 5) is 14.3. The van der Waals surface area contributed by atoms with Crippen molar-refractivity contribution in [2.75, 3.05) is 19.6 Å². The summed E-state index contributed by atoms with van der Waals surface area (Å²) in [6.45, 7) is 0.257. The van der Waals surface area contributed by atoms with Gasteiger partial charge in [-0.1, -0.05) is 72.8 Å². The smallest absolute Gasteiger partial charge is 0.351 e. The van der Waals surface area contributed by atoms with Gasteiger partial charge in [0, 0.05) is 12.0 Å². The maximum atomic E-state index is 14.1. The minimum Gasteiger partial charge on any atom is -0.351 e. The molecule has 3 aromatic carbocycles. The predicted octanol–water partition coefficient (Wildman–Crippen LogP) is 6.64. The molecular formula is C29H28F6N2O. The van der Waals surface area contributed by atoms with E-state index in [1.807, 2.05) is 18.2 Å². The summed E-state index contributed by atoms with van der Waals surface area (Å²) in [6, 6.07) is 20.5. The highest BCUT2D eigenvalue weighted by atomic mass is 19.4. The Morgan fingerprint density at radius 3 is 1.95 bits per heavy atom. The lowest BCUT2D eigenvalue weighted by Gasteiger charge is -2.45. The first-order valence-electron chi connectivity index (χ1n) is 12.3. The van der Waals surface area contributed by atoms with Gasteiger partial charge in [0.15, 0.2) is 0 Å². The third kappa shape index (κ3) is 6.38. The molecule has 0 bridgehead atoms. The number of amides is 1. The van der Waals surface area contributed by atoms with Gasteiger partial charge in [-0.3, -0.25) is 9.69 Å².